The molecule has 0 saturated heterocycles. The molecular formula is C33H52NO2P. The number of para-hydroxylation sites is 2. The SMILES string of the molecule is CCC1CCCC[C@@H](C)CCCC(C)(C)P(Oc2ccccc2)(Oc2ccccc2)=NC(C)(C)CCC1. The van der Waals surface area contributed by atoms with Crippen LogP contribution in [-0.2, 0) is 0 Å². The van der Waals surface area contributed by atoms with Crippen LogP contribution in [0.2, 0.25) is 0 Å². The second kappa shape index (κ2) is 13.9. The fourth-order valence-electron chi connectivity index (χ4n) is 5.57. The van der Waals surface area contributed by atoms with Gasteiger partial charge in [-0.3, -0.25) is 0 Å². The summed E-state index contributed by atoms with van der Waals surface area (Å²) in [6.07, 6.45) is 13.7. The Morgan fingerprint density at radius 1 is 0.730 bits per heavy atom. The Hall–Kier alpha value is -1.73. The number of hydrogen-bond acceptors (Lipinski definition) is 3. The Kier molecular flexibility index (Phi) is 11.2. The summed E-state index contributed by atoms with van der Waals surface area (Å²) in [7, 11) is -2.77. The molecule has 3 rings (SSSR count). The first-order chi connectivity index (χ1) is 17.6. The Balaban J connectivity index is 2.07. The van der Waals surface area contributed by atoms with Crippen LogP contribution in [0.1, 0.15) is 112 Å². The Morgan fingerprint density at radius 2 is 1.22 bits per heavy atom. The van der Waals surface area contributed by atoms with E-state index in [1.54, 1.807) is 0 Å². The topological polar surface area (TPSA) is 30.8 Å². The maximum atomic E-state index is 6.99. The first kappa shape index (κ1) is 29.8. The fourth-order valence-corrected chi connectivity index (χ4v) is 8.52. The summed E-state index contributed by atoms with van der Waals surface area (Å²) < 4.78 is 19.6. The van der Waals surface area contributed by atoms with E-state index in [0.717, 1.165) is 36.2 Å². The number of benzene rings is 2. The normalized spacial score (nSPS) is 24.9. The van der Waals surface area contributed by atoms with Gasteiger partial charge in [-0.05, 0) is 76.6 Å². The maximum absolute atomic E-state index is 6.99. The molecule has 4 heteroatoms. The average molecular weight is 526 g/mol. The van der Waals surface area contributed by atoms with E-state index in [2.05, 4.69) is 41.5 Å². The van der Waals surface area contributed by atoms with Crippen molar-refractivity contribution in [3.63, 3.8) is 0 Å². The molecule has 1 heterocycles. The summed E-state index contributed by atoms with van der Waals surface area (Å²) in [5.41, 5.74) is -0.239. The molecule has 1 unspecified atom stereocenters. The highest BCUT2D eigenvalue weighted by molar-refractivity contribution is 7.59. The monoisotopic (exact) mass is 525 g/mol. The molecule has 1 aliphatic heterocycles. The highest BCUT2D eigenvalue weighted by Crippen LogP contribution is 2.65. The van der Waals surface area contributed by atoms with Crippen molar-refractivity contribution in [3.8, 4) is 11.5 Å². The molecule has 2 aromatic rings. The van der Waals surface area contributed by atoms with Crippen molar-refractivity contribution < 1.29 is 9.05 Å². The number of nitrogens with zero attached hydrogens (tertiary/aromatic N) is 1. The van der Waals surface area contributed by atoms with Crippen LogP contribution in [0.3, 0.4) is 0 Å². The molecule has 2 atom stereocenters. The smallest absolute Gasteiger partial charge is 0.320 e. The third-order valence-corrected chi connectivity index (χ3v) is 11.6. The van der Waals surface area contributed by atoms with E-state index in [9.17, 15) is 0 Å². The summed E-state index contributed by atoms with van der Waals surface area (Å²) in [4.78, 5) is 0. The molecule has 0 spiro atoms. The quantitative estimate of drug-likeness (QED) is 0.363. The molecule has 0 radical (unpaired) electrons. The molecule has 206 valence electrons. The van der Waals surface area contributed by atoms with Crippen molar-refractivity contribution in [3.05, 3.63) is 60.7 Å². The van der Waals surface area contributed by atoms with Crippen molar-refractivity contribution in [1.29, 1.82) is 0 Å². The first-order valence-corrected chi connectivity index (χ1v) is 16.4. The Morgan fingerprint density at radius 3 is 1.78 bits per heavy atom. The summed E-state index contributed by atoms with van der Waals surface area (Å²) in [6.45, 7) is 14.0. The van der Waals surface area contributed by atoms with Crippen molar-refractivity contribution in [1.82, 2.24) is 0 Å². The zero-order chi connectivity index (χ0) is 26.8. The highest BCUT2D eigenvalue weighted by Gasteiger charge is 2.45. The molecule has 0 amide bonds. The lowest BCUT2D eigenvalue weighted by molar-refractivity contribution is 0.343. The third kappa shape index (κ3) is 9.20. The van der Waals surface area contributed by atoms with Crippen molar-refractivity contribution in [2.45, 2.75) is 123 Å². The molecule has 0 bridgehead atoms. The van der Waals surface area contributed by atoms with Gasteiger partial charge in [0.1, 0.15) is 11.5 Å². The van der Waals surface area contributed by atoms with E-state index in [4.69, 9.17) is 13.8 Å². The lowest BCUT2D eigenvalue weighted by atomic mass is 9.88. The van der Waals surface area contributed by atoms with Gasteiger partial charge in [-0.2, -0.15) is 0 Å². The minimum atomic E-state index is -2.77. The first-order valence-electron chi connectivity index (χ1n) is 14.8. The minimum absolute atomic E-state index is 0.237. The van der Waals surface area contributed by atoms with Crippen LogP contribution >= 0.6 is 7.51 Å². The van der Waals surface area contributed by atoms with Gasteiger partial charge >= 0.3 is 7.51 Å². The van der Waals surface area contributed by atoms with E-state index in [0.29, 0.717) is 0 Å². The van der Waals surface area contributed by atoms with Crippen LogP contribution in [0.15, 0.2) is 65.4 Å². The predicted octanol–water partition coefficient (Wildman–Crippen LogP) is 11.3. The largest absolute Gasteiger partial charge is 0.430 e. The van der Waals surface area contributed by atoms with E-state index < -0.39 is 7.51 Å². The molecule has 1 aliphatic rings. The van der Waals surface area contributed by atoms with Gasteiger partial charge in [0.15, 0.2) is 0 Å². The minimum Gasteiger partial charge on any atom is -0.430 e. The van der Waals surface area contributed by atoms with E-state index in [1.165, 1.54) is 57.8 Å². The zero-order valence-electron chi connectivity index (χ0n) is 24.4. The van der Waals surface area contributed by atoms with Gasteiger partial charge in [0.2, 0.25) is 0 Å². The lowest BCUT2D eigenvalue weighted by Gasteiger charge is -2.40. The molecule has 0 fully saturated rings. The van der Waals surface area contributed by atoms with E-state index in [1.807, 2.05) is 60.7 Å². The number of hydrogen-bond donors (Lipinski definition) is 0. The fraction of sp³-hybridized carbons (Fsp3) is 0.636. The van der Waals surface area contributed by atoms with Crippen LogP contribution in [-0.4, -0.2) is 10.7 Å². The summed E-state index contributed by atoms with van der Waals surface area (Å²) in [5.74, 6) is 3.27. The van der Waals surface area contributed by atoms with Gasteiger partial charge < -0.3 is 9.05 Å². The summed E-state index contributed by atoms with van der Waals surface area (Å²) in [6, 6.07) is 20.4. The highest BCUT2D eigenvalue weighted by atomic mass is 31.2. The van der Waals surface area contributed by atoms with Crippen molar-refractivity contribution in [2.24, 2.45) is 16.6 Å². The van der Waals surface area contributed by atoms with Crippen LogP contribution in [0, 0.1) is 11.8 Å². The second-order valence-corrected chi connectivity index (χ2v) is 15.3. The molecule has 2 aromatic carbocycles. The molecule has 37 heavy (non-hydrogen) atoms. The zero-order valence-corrected chi connectivity index (χ0v) is 25.3. The Labute approximate surface area is 228 Å². The maximum Gasteiger partial charge on any atom is 0.320 e. The van der Waals surface area contributed by atoms with Gasteiger partial charge in [0, 0.05) is 0 Å². The van der Waals surface area contributed by atoms with Gasteiger partial charge in [0.25, 0.3) is 0 Å². The van der Waals surface area contributed by atoms with Gasteiger partial charge in [0.05, 0.1) is 10.7 Å². The van der Waals surface area contributed by atoms with Crippen molar-refractivity contribution in [2.75, 3.05) is 0 Å². The average Bonchev–Trinajstić information content (AvgIpc) is 2.85. The van der Waals surface area contributed by atoms with E-state index in [-0.39, 0.29) is 10.7 Å². The van der Waals surface area contributed by atoms with Gasteiger partial charge in [-0.15, -0.1) is 0 Å². The van der Waals surface area contributed by atoms with E-state index >= 15 is 0 Å². The Bertz CT molecular complexity index is 925. The molecule has 0 aliphatic carbocycles. The lowest BCUT2D eigenvalue weighted by Crippen LogP contribution is -2.30. The van der Waals surface area contributed by atoms with Gasteiger partial charge in [-0.25, -0.2) is 4.74 Å². The number of rotatable bonds is 5. The van der Waals surface area contributed by atoms with Crippen LogP contribution in [0.25, 0.3) is 0 Å². The van der Waals surface area contributed by atoms with Crippen LogP contribution < -0.4 is 9.05 Å². The molecule has 3 nitrogen and oxygen atoms in total. The predicted molar refractivity (Wildman–Crippen MR) is 161 cm³/mol. The van der Waals surface area contributed by atoms with Crippen molar-refractivity contribution >= 4 is 7.51 Å². The summed E-state index contributed by atoms with van der Waals surface area (Å²) >= 11 is 0. The molecule has 0 aromatic heterocycles. The molecular weight excluding hydrogens is 473 g/mol. The molecule has 0 N–H and O–H groups in total. The standard InChI is InChI=1S/C33H52NO2P/c1-7-29-20-15-14-18-28(2)19-16-27-33(5,6)37(34-32(3,4)26-17-21-29,35-30-22-10-8-11-23-30)36-31-24-12-9-13-25-31/h8-13,22-25,28-29H,7,14-21,26-27H2,1-6H3/t28-,29?/m1/s1. The molecule has 0 saturated carbocycles. The van der Waals surface area contributed by atoms with Crippen LogP contribution in [0.5, 0.6) is 11.5 Å². The van der Waals surface area contributed by atoms with Crippen LogP contribution in [0.4, 0.5) is 0 Å². The second-order valence-electron chi connectivity index (χ2n) is 12.5. The summed E-state index contributed by atoms with van der Waals surface area (Å²) in [5, 5.41) is -0.237. The third-order valence-electron chi connectivity index (χ3n) is 8.14. The van der Waals surface area contributed by atoms with Gasteiger partial charge in [-0.1, -0.05) is 108 Å².